The lowest BCUT2D eigenvalue weighted by Crippen LogP contribution is -2.37. The van der Waals surface area contributed by atoms with E-state index in [9.17, 15) is 4.79 Å². The molecular formula is C12H18N2O3. The smallest absolute Gasteiger partial charge is 0.234 e. The van der Waals surface area contributed by atoms with Gasteiger partial charge in [0.25, 0.3) is 0 Å². The van der Waals surface area contributed by atoms with Gasteiger partial charge < -0.3 is 20.8 Å². The van der Waals surface area contributed by atoms with E-state index in [0.717, 1.165) is 5.56 Å². The van der Waals surface area contributed by atoms with Gasteiger partial charge in [-0.1, -0.05) is 30.3 Å². The average Bonchev–Trinajstić information content (AvgIpc) is 2.37. The van der Waals surface area contributed by atoms with Crippen LogP contribution in [0.25, 0.3) is 0 Å². The highest BCUT2D eigenvalue weighted by atomic mass is 16.3. The minimum absolute atomic E-state index is 0.129. The molecule has 1 rings (SSSR count). The molecular weight excluding hydrogens is 220 g/mol. The third-order valence-corrected chi connectivity index (χ3v) is 2.21. The number of benzene rings is 1. The molecule has 0 bridgehead atoms. The molecule has 17 heavy (non-hydrogen) atoms. The third-order valence-electron chi connectivity index (χ3n) is 2.21. The van der Waals surface area contributed by atoms with E-state index in [0.29, 0.717) is 6.54 Å². The highest BCUT2D eigenvalue weighted by Crippen LogP contribution is 1.96. The minimum atomic E-state index is -0.822. The van der Waals surface area contributed by atoms with E-state index in [1.54, 1.807) is 0 Å². The minimum Gasteiger partial charge on any atom is -0.394 e. The van der Waals surface area contributed by atoms with E-state index in [2.05, 4.69) is 10.6 Å². The van der Waals surface area contributed by atoms with Crippen molar-refractivity contribution in [3.05, 3.63) is 35.9 Å². The van der Waals surface area contributed by atoms with Crippen molar-refractivity contribution in [1.29, 1.82) is 0 Å². The van der Waals surface area contributed by atoms with Gasteiger partial charge in [-0.15, -0.1) is 0 Å². The fraction of sp³-hybridized carbons (Fsp3) is 0.417. The van der Waals surface area contributed by atoms with Gasteiger partial charge in [0, 0.05) is 13.1 Å². The molecule has 0 heterocycles. The lowest BCUT2D eigenvalue weighted by molar-refractivity contribution is -0.120. The fourth-order valence-electron chi connectivity index (χ4n) is 1.28. The molecule has 1 atom stereocenters. The molecule has 0 spiro atoms. The average molecular weight is 238 g/mol. The molecule has 1 amide bonds. The Kier molecular flexibility index (Phi) is 6.24. The van der Waals surface area contributed by atoms with Gasteiger partial charge in [0.15, 0.2) is 0 Å². The number of amides is 1. The van der Waals surface area contributed by atoms with Gasteiger partial charge in [-0.2, -0.15) is 0 Å². The SMILES string of the molecule is O=C(CNC[C@H](O)CO)NCc1ccccc1. The van der Waals surface area contributed by atoms with Gasteiger partial charge >= 0.3 is 0 Å². The summed E-state index contributed by atoms with van der Waals surface area (Å²) in [7, 11) is 0. The second-order valence-electron chi connectivity index (χ2n) is 3.73. The van der Waals surface area contributed by atoms with Crippen molar-refractivity contribution in [2.24, 2.45) is 0 Å². The zero-order valence-electron chi connectivity index (χ0n) is 9.60. The van der Waals surface area contributed by atoms with Crippen LogP contribution in [0.5, 0.6) is 0 Å². The summed E-state index contributed by atoms with van der Waals surface area (Å²) in [5, 5.41) is 23.1. The molecule has 0 saturated carbocycles. The monoisotopic (exact) mass is 238 g/mol. The molecule has 1 aromatic carbocycles. The lowest BCUT2D eigenvalue weighted by atomic mass is 10.2. The molecule has 0 fully saturated rings. The molecule has 5 heteroatoms. The molecule has 94 valence electrons. The molecule has 1 aromatic rings. The van der Waals surface area contributed by atoms with Crippen LogP contribution in [0.1, 0.15) is 5.56 Å². The van der Waals surface area contributed by atoms with Crippen molar-refractivity contribution in [2.45, 2.75) is 12.6 Å². The second kappa shape index (κ2) is 7.78. The van der Waals surface area contributed by atoms with Crippen molar-refractivity contribution in [1.82, 2.24) is 10.6 Å². The molecule has 0 aliphatic carbocycles. The normalized spacial score (nSPS) is 12.1. The van der Waals surface area contributed by atoms with Crippen LogP contribution in [0.4, 0.5) is 0 Å². The van der Waals surface area contributed by atoms with Crippen LogP contribution in [0.2, 0.25) is 0 Å². The van der Waals surface area contributed by atoms with Crippen molar-refractivity contribution in [3.63, 3.8) is 0 Å². The Morgan fingerprint density at radius 1 is 1.29 bits per heavy atom. The topological polar surface area (TPSA) is 81.6 Å². The quantitative estimate of drug-likeness (QED) is 0.503. The zero-order valence-corrected chi connectivity index (χ0v) is 9.60. The molecule has 0 aliphatic rings. The first-order valence-corrected chi connectivity index (χ1v) is 5.52. The standard InChI is InChI=1S/C12H18N2O3/c15-9-11(16)7-13-8-12(17)14-6-10-4-2-1-3-5-10/h1-5,11,13,15-16H,6-9H2,(H,14,17)/t11-/m0/s1. The molecule has 0 aliphatic heterocycles. The second-order valence-corrected chi connectivity index (χ2v) is 3.73. The molecule has 4 N–H and O–H groups in total. The Labute approximate surface area is 100 Å². The zero-order chi connectivity index (χ0) is 12.5. The van der Waals surface area contributed by atoms with Crippen LogP contribution in [0.15, 0.2) is 30.3 Å². The first kappa shape index (κ1) is 13.6. The van der Waals surface area contributed by atoms with Crippen LogP contribution < -0.4 is 10.6 Å². The summed E-state index contributed by atoms with van der Waals surface area (Å²) in [6, 6.07) is 9.62. The van der Waals surface area contributed by atoms with Crippen LogP contribution in [0, 0.1) is 0 Å². The number of hydrogen-bond acceptors (Lipinski definition) is 4. The van der Waals surface area contributed by atoms with Gasteiger partial charge in [-0.3, -0.25) is 4.79 Å². The predicted octanol–water partition coefficient (Wildman–Crippen LogP) is -0.754. The Morgan fingerprint density at radius 2 is 2.00 bits per heavy atom. The summed E-state index contributed by atoms with van der Waals surface area (Å²) in [6.45, 7) is 0.516. The molecule has 5 nitrogen and oxygen atoms in total. The van der Waals surface area contributed by atoms with Crippen LogP contribution in [-0.2, 0) is 11.3 Å². The van der Waals surface area contributed by atoms with Gasteiger partial charge in [-0.05, 0) is 5.56 Å². The lowest BCUT2D eigenvalue weighted by Gasteiger charge is -2.09. The highest BCUT2D eigenvalue weighted by molar-refractivity contribution is 5.77. The summed E-state index contributed by atoms with van der Waals surface area (Å²) in [5.74, 6) is -0.140. The van der Waals surface area contributed by atoms with Crippen molar-refractivity contribution < 1.29 is 15.0 Å². The first-order valence-electron chi connectivity index (χ1n) is 5.52. The maximum Gasteiger partial charge on any atom is 0.234 e. The Balaban J connectivity index is 2.13. The van der Waals surface area contributed by atoms with Crippen molar-refractivity contribution in [2.75, 3.05) is 19.7 Å². The molecule has 0 unspecified atom stereocenters. The predicted molar refractivity (Wildman–Crippen MR) is 64.3 cm³/mol. The summed E-state index contributed by atoms with van der Waals surface area (Å²) in [5.41, 5.74) is 1.04. The number of rotatable bonds is 7. The number of hydrogen-bond donors (Lipinski definition) is 4. The third kappa shape index (κ3) is 6.01. The molecule has 0 saturated heterocycles. The van der Waals surface area contributed by atoms with E-state index in [4.69, 9.17) is 10.2 Å². The molecule has 0 radical (unpaired) electrons. The molecule has 0 aromatic heterocycles. The number of carbonyl (C=O) groups excluding carboxylic acids is 1. The van der Waals surface area contributed by atoms with E-state index in [1.165, 1.54) is 0 Å². The number of nitrogens with one attached hydrogen (secondary N) is 2. The summed E-state index contributed by atoms with van der Waals surface area (Å²) in [6.07, 6.45) is -0.822. The largest absolute Gasteiger partial charge is 0.394 e. The maximum atomic E-state index is 11.4. The number of carbonyl (C=O) groups is 1. The Morgan fingerprint density at radius 3 is 2.65 bits per heavy atom. The van der Waals surface area contributed by atoms with E-state index in [-0.39, 0.29) is 25.6 Å². The first-order chi connectivity index (χ1) is 8.22. The Hall–Kier alpha value is -1.43. The van der Waals surface area contributed by atoms with Gasteiger partial charge in [0.1, 0.15) is 0 Å². The van der Waals surface area contributed by atoms with Gasteiger partial charge in [0.05, 0.1) is 19.3 Å². The van der Waals surface area contributed by atoms with Crippen LogP contribution in [-0.4, -0.2) is 41.9 Å². The fourth-order valence-corrected chi connectivity index (χ4v) is 1.28. The van der Waals surface area contributed by atoms with Crippen molar-refractivity contribution in [3.8, 4) is 0 Å². The van der Waals surface area contributed by atoms with Crippen molar-refractivity contribution >= 4 is 5.91 Å². The van der Waals surface area contributed by atoms with E-state index >= 15 is 0 Å². The summed E-state index contributed by atoms with van der Waals surface area (Å²) < 4.78 is 0. The van der Waals surface area contributed by atoms with Crippen LogP contribution in [0.3, 0.4) is 0 Å². The van der Waals surface area contributed by atoms with Gasteiger partial charge in [0.2, 0.25) is 5.91 Å². The highest BCUT2D eigenvalue weighted by Gasteiger charge is 2.03. The summed E-state index contributed by atoms with van der Waals surface area (Å²) in [4.78, 5) is 11.4. The summed E-state index contributed by atoms with van der Waals surface area (Å²) >= 11 is 0. The number of aliphatic hydroxyl groups is 2. The number of aliphatic hydroxyl groups excluding tert-OH is 2. The van der Waals surface area contributed by atoms with Crippen LogP contribution >= 0.6 is 0 Å². The Bertz CT molecular complexity index is 330. The van der Waals surface area contributed by atoms with E-state index in [1.807, 2.05) is 30.3 Å². The van der Waals surface area contributed by atoms with Gasteiger partial charge in [-0.25, -0.2) is 0 Å². The van der Waals surface area contributed by atoms with E-state index < -0.39 is 6.10 Å². The maximum absolute atomic E-state index is 11.4.